The average molecular weight is 545 g/mol. The van der Waals surface area contributed by atoms with Gasteiger partial charge in [0, 0.05) is 18.0 Å². The Kier molecular flexibility index (Phi) is 4.13. The number of fused-ring (bicyclic) bond motifs is 5. The van der Waals surface area contributed by atoms with Gasteiger partial charge in [-0.1, -0.05) is 120 Å². The average Bonchev–Trinajstić information content (AvgIpc) is 3.52. The smallest absolute Gasteiger partial charge is 0.272 e. The van der Waals surface area contributed by atoms with Gasteiger partial charge in [0.15, 0.2) is 0 Å². The molecule has 6 aliphatic rings. The van der Waals surface area contributed by atoms with Crippen LogP contribution >= 0.6 is 0 Å². The summed E-state index contributed by atoms with van der Waals surface area (Å²) in [5.41, 5.74) is 8.83. The summed E-state index contributed by atoms with van der Waals surface area (Å²) in [5.74, 6) is -0.256. The molecule has 0 N–H and O–H groups in total. The van der Waals surface area contributed by atoms with E-state index in [1.807, 2.05) is 0 Å². The Balaban J connectivity index is 1.37. The van der Waals surface area contributed by atoms with Gasteiger partial charge in [-0.25, -0.2) is 0 Å². The van der Waals surface area contributed by atoms with Crippen LogP contribution < -0.4 is 0 Å². The molecular formula is C38H28N2O2. The number of carbonyl (C=O) groups excluding carboxylic acids is 1. The van der Waals surface area contributed by atoms with Gasteiger partial charge in [0.2, 0.25) is 5.60 Å². The lowest BCUT2D eigenvalue weighted by Crippen LogP contribution is -2.64. The summed E-state index contributed by atoms with van der Waals surface area (Å²) in [5, 5.41) is 7.53. The highest BCUT2D eigenvalue weighted by atomic mass is 16.7. The first-order chi connectivity index (χ1) is 20.7. The number of nitrogens with zero attached hydrogens (tertiary/aromatic N) is 2. The first-order valence-corrected chi connectivity index (χ1v) is 15.0. The molecule has 11 rings (SSSR count). The number of amides is 1. The van der Waals surface area contributed by atoms with Gasteiger partial charge in [-0.3, -0.25) is 4.79 Å². The van der Waals surface area contributed by atoms with E-state index in [9.17, 15) is 0 Å². The largest absolute Gasteiger partial charge is 0.377 e. The van der Waals surface area contributed by atoms with Gasteiger partial charge < -0.3 is 9.74 Å². The molecule has 1 amide bonds. The maximum absolute atomic E-state index is 15.2. The summed E-state index contributed by atoms with van der Waals surface area (Å²) in [6.07, 6.45) is 0.831. The normalized spacial score (nSPS) is 29.2. The summed E-state index contributed by atoms with van der Waals surface area (Å²) in [4.78, 5) is 24.2. The fraction of sp³-hybridized carbons (Fsp3) is 0.211. The molecule has 3 atom stereocenters. The van der Waals surface area contributed by atoms with Crippen molar-refractivity contribution in [2.45, 2.75) is 36.8 Å². The van der Waals surface area contributed by atoms with Crippen LogP contribution in [0.4, 0.5) is 0 Å². The van der Waals surface area contributed by atoms with Crippen LogP contribution in [0.2, 0.25) is 0 Å². The third-order valence-corrected chi connectivity index (χ3v) is 11.0. The van der Waals surface area contributed by atoms with Gasteiger partial charge >= 0.3 is 0 Å². The Hall–Kier alpha value is -4.70. The molecule has 42 heavy (non-hydrogen) atoms. The molecule has 4 nitrogen and oxygen atoms in total. The van der Waals surface area contributed by atoms with Crippen LogP contribution in [0, 0.1) is 12.3 Å². The number of aryl methyl sites for hydroxylation is 1. The van der Waals surface area contributed by atoms with Crippen molar-refractivity contribution in [2.24, 2.45) is 10.6 Å². The standard InChI is InChI=1S/C38H28N2O2/c1-22-14-16-24(17-15-22)34-37-32-27-10-4-6-12-29(27)33(30-13-7-5-11-28(30)32)38(37,42-39-34)36(41)40-21-20-26-25-9-3-2-8-23(25)18-19-31(26)35(37)40/h2-19,32-33,35H,20-21H2,1H3/t32?,33?,35-,37?,38?/m1/s1. The van der Waals surface area contributed by atoms with E-state index >= 15 is 4.79 Å². The minimum absolute atomic E-state index is 0.0798. The number of benzene rings is 5. The van der Waals surface area contributed by atoms with Gasteiger partial charge in [0.1, 0.15) is 11.1 Å². The van der Waals surface area contributed by atoms with Gasteiger partial charge in [-0.15, -0.1) is 0 Å². The Morgan fingerprint density at radius 3 is 2.10 bits per heavy atom. The quantitative estimate of drug-likeness (QED) is 0.227. The van der Waals surface area contributed by atoms with Crippen LogP contribution in [0.3, 0.4) is 0 Å². The van der Waals surface area contributed by atoms with Crippen LogP contribution in [0.5, 0.6) is 0 Å². The van der Waals surface area contributed by atoms with Crippen molar-refractivity contribution in [3.05, 3.63) is 154 Å². The molecule has 0 radical (unpaired) electrons. The van der Waals surface area contributed by atoms with E-state index in [1.165, 1.54) is 49.7 Å². The summed E-state index contributed by atoms with van der Waals surface area (Å²) in [6.45, 7) is 2.78. The van der Waals surface area contributed by atoms with Crippen LogP contribution in [0.25, 0.3) is 10.8 Å². The van der Waals surface area contributed by atoms with Crippen molar-refractivity contribution in [1.82, 2.24) is 4.90 Å². The second-order valence-corrected chi connectivity index (χ2v) is 12.6. The molecule has 3 aliphatic carbocycles. The van der Waals surface area contributed by atoms with E-state index in [-0.39, 0.29) is 23.8 Å². The highest BCUT2D eigenvalue weighted by Gasteiger charge is 2.85. The zero-order valence-electron chi connectivity index (χ0n) is 23.2. The topological polar surface area (TPSA) is 41.9 Å². The molecule has 2 bridgehead atoms. The third-order valence-electron chi connectivity index (χ3n) is 11.0. The first-order valence-electron chi connectivity index (χ1n) is 15.0. The Morgan fingerprint density at radius 1 is 0.738 bits per heavy atom. The predicted molar refractivity (Wildman–Crippen MR) is 163 cm³/mol. The highest BCUT2D eigenvalue weighted by molar-refractivity contribution is 6.16. The summed E-state index contributed by atoms with van der Waals surface area (Å²) in [7, 11) is 0. The van der Waals surface area contributed by atoms with E-state index in [4.69, 9.17) is 9.99 Å². The van der Waals surface area contributed by atoms with Gasteiger partial charge in [0.25, 0.3) is 5.91 Å². The minimum Gasteiger partial charge on any atom is -0.377 e. The summed E-state index contributed by atoms with van der Waals surface area (Å²) >= 11 is 0. The summed E-state index contributed by atoms with van der Waals surface area (Å²) in [6, 6.07) is 39.1. The van der Waals surface area contributed by atoms with E-state index in [0.717, 1.165) is 17.7 Å². The van der Waals surface area contributed by atoms with E-state index < -0.39 is 11.0 Å². The van der Waals surface area contributed by atoms with Crippen molar-refractivity contribution in [2.75, 3.05) is 6.54 Å². The number of hydrogen-bond acceptors (Lipinski definition) is 3. The third kappa shape index (κ3) is 2.34. The zero-order valence-corrected chi connectivity index (χ0v) is 23.2. The molecule has 3 heterocycles. The SMILES string of the molecule is Cc1ccc(C2=NOC34C(=O)N5CCc6c(ccc7ccccc67)[C@@H]5C23C2c3ccccc3C4c3ccccc32)cc1. The fourth-order valence-corrected chi connectivity index (χ4v) is 9.60. The van der Waals surface area contributed by atoms with Crippen molar-refractivity contribution < 1.29 is 9.63 Å². The van der Waals surface area contributed by atoms with Crippen molar-refractivity contribution >= 4 is 22.4 Å². The molecule has 0 spiro atoms. The molecule has 202 valence electrons. The lowest BCUT2D eigenvalue weighted by molar-refractivity contribution is -0.157. The summed E-state index contributed by atoms with van der Waals surface area (Å²) < 4.78 is 0. The lowest BCUT2D eigenvalue weighted by Gasteiger charge is -2.57. The van der Waals surface area contributed by atoms with Crippen LogP contribution in [0.1, 0.15) is 62.4 Å². The van der Waals surface area contributed by atoms with Crippen LogP contribution in [0.15, 0.2) is 114 Å². The Bertz CT molecular complexity index is 2000. The second-order valence-electron chi connectivity index (χ2n) is 12.6. The molecule has 5 aromatic carbocycles. The first kappa shape index (κ1) is 22.9. The maximum Gasteiger partial charge on any atom is 0.272 e. The van der Waals surface area contributed by atoms with Crippen molar-refractivity contribution in [1.29, 1.82) is 0 Å². The Morgan fingerprint density at radius 2 is 1.38 bits per heavy atom. The molecular weight excluding hydrogens is 516 g/mol. The minimum atomic E-state index is -1.15. The molecule has 3 aliphatic heterocycles. The molecule has 4 heteroatoms. The van der Waals surface area contributed by atoms with E-state index in [0.29, 0.717) is 6.54 Å². The molecule has 0 aromatic heterocycles. The molecule has 5 aromatic rings. The van der Waals surface area contributed by atoms with Crippen LogP contribution in [-0.2, 0) is 16.1 Å². The molecule has 2 unspecified atom stereocenters. The Labute approximate surface area is 244 Å². The zero-order chi connectivity index (χ0) is 27.8. The highest BCUT2D eigenvalue weighted by Crippen LogP contribution is 2.77. The number of oxime groups is 1. The number of hydrogen-bond donors (Lipinski definition) is 0. The van der Waals surface area contributed by atoms with E-state index in [1.54, 1.807) is 0 Å². The number of carbonyl (C=O) groups is 1. The maximum atomic E-state index is 15.2. The molecule has 1 fully saturated rings. The molecule has 1 saturated heterocycles. The van der Waals surface area contributed by atoms with Gasteiger partial charge in [-0.2, -0.15) is 0 Å². The van der Waals surface area contributed by atoms with Crippen LogP contribution in [-0.4, -0.2) is 28.7 Å². The van der Waals surface area contributed by atoms with Gasteiger partial charge in [0.05, 0.1) is 12.0 Å². The van der Waals surface area contributed by atoms with E-state index in [2.05, 4.69) is 121 Å². The lowest BCUT2D eigenvalue weighted by atomic mass is 9.42. The second kappa shape index (κ2) is 7.57. The monoisotopic (exact) mass is 544 g/mol. The number of rotatable bonds is 1. The van der Waals surface area contributed by atoms with Gasteiger partial charge in [-0.05, 0) is 57.5 Å². The predicted octanol–water partition coefficient (Wildman–Crippen LogP) is 7.04. The molecule has 0 saturated carbocycles. The fourth-order valence-electron chi connectivity index (χ4n) is 9.60. The van der Waals surface area contributed by atoms with Crippen molar-refractivity contribution in [3.8, 4) is 0 Å². The van der Waals surface area contributed by atoms with Crippen molar-refractivity contribution in [3.63, 3.8) is 0 Å².